The van der Waals surface area contributed by atoms with Crippen LogP contribution < -0.4 is 9.80 Å². The lowest BCUT2D eigenvalue weighted by molar-refractivity contribution is 0.0697. The number of benzene rings is 5. The van der Waals surface area contributed by atoms with E-state index in [2.05, 4.69) is 116 Å². The fourth-order valence-electron chi connectivity index (χ4n) is 4.94. The molecule has 0 amide bonds. The van der Waals surface area contributed by atoms with Gasteiger partial charge in [-0.15, -0.1) is 0 Å². The second-order valence-electron chi connectivity index (χ2n) is 10.1. The average Bonchev–Trinajstić information content (AvgIpc) is 2.89. The van der Waals surface area contributed by atoms with Gasteiger partial charge in [0.2, 0.25) is 0 Å². The zero-order chi connectivity index (χ0) is 27.5. The van der Waals surface area contributed by atoms with Crippen molar-refractivity contribution in [2.24, 2.45) is 0 Å². The van der Waals surface area contributed by atoms with Crippen LogP contribution in [0.25, 0.3) is 0 Å². The van der Waals surface area contributed by atoms with Gasteiger partial charge in [-0.05, 0) is 117 Å². The highest BCUT2D eigenvalue weighted by molar-refractivity contribution is 5.94. The normalized spacial score (nSPS) is 10.8. The molecular weight excluding hydrogens is 480 g/mol. The molecule has 4 heteroatoms. The lowest BCUT2D eigenvalue weighted by atomic mass is 10.1. The molecule has 0 spiro atoms. The van der Waals surface area contributed by atoms with Gasteiger partial charge in [-0.1, -0.05) is 48.5 Å². The maximum Gasteiger partial charge on any atom is 0.335 e. The molecule has 39 heavy (non-hydrogen) atoms. The molecule has 0 fully saturated rings. The van der Waals surface area contributed by atoms with E-state index in [4.69, 9.17) is 0 Å². The van der Waals surface area contributed by atoms with Crippen LogP contribution in [-0.4, -0.2) is 11.1 Å². The molecule has 0 radical (unpaired) electrons. The Morgan fingerprint density at radius 2 is 0.769 bits per heavy atom. The second kappa shape index (κ2) is 10.9. The largest absolute Gasteiger partial charge is 0.478 e. The van der Waals surface area contributed by atoms with E-state index in [0.717, 1.165) is 56.4 Å². The van der Waals surface area contributed by atoms with Crippen molar-refractivity contribution in [3.05, 3.63) is 143 Å². The van der Waals surface area contributed by atoms with Crippen molar-refractivity contribution < 1.29 is 9.90 Å². The Morgan fingerprint density at radius 1 is 0.462 bits per heavy atom. The quantitative estimate of drug-likeness (QED) is 0.236. The van der Waals surface area contributed by atoms with Crippen LogP contribution in [0.15, 0.2) is 115 Å². The van der Waals surface area contributed by atoms with Gasteiger partial charge in [0.05, 0.1) is 5.56 Å². The molecule has 0 bridgehead atoms. The Labute approximate surface area is 230 Å². The monoisotopic (exact) mass is 512 g/mol. The zero-order valence-electron chi connectivity index (χ0n) is 22.7. The van der Waals surface area contributed by atoms with E-state index in [0.29, 0.717) is 0 Å². The maximum absolute atomic E-state index is 12.5. The third-order valence-corrected chi connectivity index (χ3v) is 6.71. The summed E-state index contributed by atoms with van der Waals surface area (Å²) in [5, 5.41) is 10.2. The van der Waals surface area contributed by atoms with Gasteiger partial charge in [0.25, 0.3) is 0 Å². The standard InChI is InChI=1S/C35H32N2O2/c1-24-9-5-13-29(17-24)36(30-14-6-10-25(2)18-30)33-21-28(35(38)39)22-34(23-33)37(31-15-7-11-26(3)19-31)32-16-8-12-27(4)20-32/h5-23H,1-4H3,(H,38,39). The number of carbonyl (C=O) groups is 1. The first kappa shape index (κ1) is 25.8. The van der Waals surface area contributed by atoms with Crippen molar-refractivity contribution in [2.45, 2.75) is 27.7 Å². The lowest BCUT2D eigenvalue weighted by Gasteiger charge is -2.30. The van der Waals surface area contributed by atoms with Crippen LogP contribution in [0.4, 0.5) is 34.1 Å². The molecule has 4 nitrogen and oxygen atoms in total. The highest BCUT2D eigenvalue weighted by Crippen LogP contribution is 2.41. The summed E-state index contributed by atoms with van der Waals surface area (Å²) >= 11 is 0. The first-order valence-corrected chi connectivity index (χ1v) is 13.0. The van der Waals surface area contributed by atoms with E-state index >= 15 is 0 Å². The van der Waals surface area contributed by atoms with Gasteiger partial charge in [-0.3, -0.25) is 0 Å². The molecule has 5 aromatic carbocycles. The van der Waals surface area contributed by atoms with Gasteiger partial charge >= 0.3 is 5.97 Å². The van der Waals surface area contributed by atoms with E-state index in [1.54, 1.807) is 12.1 Å². The molecule has 5 aromatic rings. The summed E-state index contributed by atoms with van der Waals surface area (Å²) in [5.41, 5.74) is 10.1. The van der Waals surface area contributed by atoms with Crippen LogP contribution in [-0.2, 0) is 0 Å². The van der Waals surface area contributed by atoms with Crippen molar-refractivity contribution in [3.8, 4) is 0 Å². The first-order valence-electron chi connectivity index (χ1n) is 13.0. The van der Waals surface area contributed by atoms with Gasteiger partial charge in [0, 0.05) is 34.1 Å². The summed E-state index contributed by atoms with van der Waals surface area (Å²) in [4.78, 5) is 16.7. The molecule has 5 rings (SSSR count). The third-order valence-electron chi connectivity index (χ3n) is 6.71. The number of hydrogen-bond donors (Lipinski definition) is 1. The molecule has 0 unspecified atom stereocenters. The number of carboxylic acids is 1. The molecule has 0 saturated carbocycles. The SMILES string of the molecule is Cc1cccc(N(c2cccc(C)c2)c2cc(C(=O)O)cc(N(c3cccc(C)c3)c3cccc(C)c3)c2)c1. The summed E-state index contributed by atoms with van der Waals surface area (Å²) in [6, 6.07) is 38.6. The highest BCUT2D eigenvalue weighted by Gasteiger charge is 2.20. The summed E-state index contributed by atoms with van der Waals surface area (Å²) in [5.74, 6) is -0.972. The van der Waals surface area contributed by atoms with Crippen LogP contribution in [0.2, 0.25) is 0 Å². The molecule has 0 heterocycles. The first-order chi connectivity index (χ1) is 18.8. The number of rotatable bonds is 7. The van der Waals surface area contributed by atoms with E-state index in [1.807, 2.05) is 24.3 Å². The average molecular weight is 513 g/mol. The van der Waals surface area contributed by atoms with Gasteiger partial charge in [0.15, 0.2) is 0 Å². The highest BCUT2D eigenvalue weighted by atomic mass is 16.4. The molecular formula is C35H32N2O2. The Balaban J connectivity index is 1.78. The van der Waals surface area contributed by atoms with Gasteiger partial charge in [0.1, 0.15) is 0 Å². The van der Waals surface area contributed by atoms with E-state index in [9.17, 15) is 9.90 Å². The topological polar surface area (TPSA) is 43.8 Å². The molecule has 0 aromatic heterocycles. The van der Waals surface area contributed by atoms with Crippen molar-refractivity contribution in [1.29, 1.82) is 0 Å². The number of nitrogens with zero attached hydrogens (tertiary/aromatic N) is 2. The maximum atomic E-state index is 12.5. The van der Waals surface area contributed by atoms with Gasteiger partial charge in [-0.25, -0.2) is 4.79 Å². The van der Waals surface area contributed by atoms with Crippen LogP contribution in [0.1, 0.15) is 32.6 Å². The number of hydrogen-bond acceptors (Lipinski definition) is 3. The van der Waals surface area contributed by atoms with Crippen molar-refractivity contribution >= 4 is 40.1 Å². The van der Waals surface area contributed by atoms with E-state index in [1.165, 1.54) is 0 Å². The van der Waals surface area contributed by atoms with Crippen LogP contribution >= 0.6 is 0 Å². The Bertz CT molecular complexity index is 1450. The Morgan fingerprint density at radius 3 is 1.03 bits per heavy atom. The fraction of sp³-hybridized carbons (Fsp3) is 0.114. The predicted molar refractivity (Wildman–Crippen MR) is 162 cm³/mol. The number of carboxylic acid groups (broad SMARTS) is 1. The number of aryl methyl sites for hydroxylation is 4. The molecule has 0 aliphatic carbocycles. The molecule has 0 aliphatic heterocycles. The van der Waals surface area contributed by atoms with Crippen molar-refractivity contribution in [1.82, 2.24) is 0 Å². The van der Waals surface area contributed by atoms with Crippen LogP contribution in [0.3, 0.4) is 0 Å². The lowest BCUT2D eigenvalue weighted by Crippen LogP contribution is -2.15. The van der Waals surface area contributed by atoms with Crippen LogP contribution in [0.5, 0.6) is 0 Å². The van der Waals surface area contributed by atoms with Gasteiger partial charge < -0.3 is 14.9 Å². The molecule has 0 saturated heterocycles. The number of anilines is 6. The molecule has 1 N–H and O–H groups in total. The minimum Gasteiger partial charge on any atom is -0.478 e. The Kier molecular flexibility index (Phi) is 7.20. The zero-order valence-corrected chi connectivity index (χ0v) is 22.7. The Hall–Kier alpha value is -4.83. The minimum atomic E-state index is -0.972. The number of aromatic carboxylic acids is 1. The van der Waals surface area contributed by atoms with Crippen LogP contribution in [0, 0.1) is 27.7 Å². The molecule has 0 aliphatic rings. The predicted octanol–water partition coefficient (Wildman–Crippen LogP) is 9.56. The second-order valence-corrected chi connectivity index (χ2v) is 10.1. The fourth-order valence-corrected chi connectivity index (χ4v) is 4.94. The summed E-state index contributed by atoms with van der Waals surface area (Å²) in [7, 11) is 0. The minimum absolute atomic E-state index is 0.220. The molecule has 194 valence electrons. The summed E-state index contributed by atoms with van der Waals surface area (Å²) in [6.45, 7) is 8.25. The summed E-state index contributed by atoms with van der Waals surface area (Å²) in [6.07, 6.45) is 0. The smallest absolute Gasteiger partial charge is 0.335 e. The molecule has 0 atom stereocenters. The third kappa shape index (κ3) is 5.70. The van der Waals surface area contributed by atoms with E-state index in [-0.39, 0.29) is 5.56 Å². The summed E-state index contributed by atoms with van der Waals surface area (Å²) < 4.78 is 0. The van der Waals surface area contributed by atoms with Crippen molar-refractivity contribution in [2.75, 3.05) is 9.80 Å². The van der Waals surface area contributed by atoms with E-state index < -0.39 is 5.97 Å². The van der Waals surface area contributed by atoms with Gasteiger partial charge in [-0.2, -0.15) is 0 Å². The van der Waals surface area contributed by atoms with Crippen molar-refractivity contribution in [3.63, 3.8) is 0 Å².